The minimum absolute atomic E-state index is 0.0436. The summed E-state index contributed by atoms with van der Waals surface area (Å²) in [5.74, 6) is 0.611. The number of carbonyl (C=O) groups excluding carboxylic acids is 1. The lowest BCUT2D eigenvalue weighted by atomic mass is 9.80. The van der Waals surface area contributed by atoms with Crippen LogP contribution >= 0.6 is 0 Å². The van der Waals surface area contributed by atoms with Crippen molar-refractivity contribution >= 4 is 11.9 Å². The number of nitrogens with one attached hydrogen (secondary N) is 2. The fraction of sp³-hybridized carbons (Fsp3) is 0.867. The van der Waals surface area contributed by atoms with Crippen LogP contribution in [0.2, 0.25) is 0 Å². The van der Waals surface area contributed by atoms with Gasteiger partial charge in [0.2, 0.25) is 5.91 Å². The molecular weight excluding hydrogens is 268 g/mol. The fourth-order valence-corrected chi connectivity index (χ4v) is 2.18. The molecule has 0 saturated heterocycles. The van der Waals surface area contributed by atoms with E-state index in [4.69, 9.17) is 0 Å². The van der Waals surface area contributed by atoms with Crippen molar-refractivity contribution in [3.8, 4) is 0 Å². The summed E-state index contributed by atoms with van der Waals surface area (Å²) in [6.45, 7) is 9.20. The summed E-state index contributed by atoms with van der Waals surface area (Å²) in [6.07, 6.45) is 2.68. The number of aliphatic hydroxyl groups is 1. The third kappa shape index (κ3) is 6.33. The Hall–Kier alpha value is -1.30. The van der Waals surface area contributed by atoms with Crippen LogP contribution in [0, 0.1) is 0 Å². The van der Waals surface area contributed by atoms with E-state index >= 15 is 0 Å². The summed E-state index contributed by atoms with van der Waals surface area (Å²) in [5, 5.41) is 16.2. The van der Waals surface area contributed by atoms with E-state index in [-0.39, 0.29) is 18.0 Å². The van der Waals surface area contributed by atoms with Crippen LogP contribution in [0.25, 0.3) is 0 Å². The average molecular weight is 298 g/mol. The van der Waals surface area contributed by atoms with E-state index in [0.717, 1.165) is 25.8 Å². The number of likely N-dealkylation sites (N-methyl/N-ethyl adjacent to an activating group) is 1. The Morgan fingerprint density at radius 2 is 2.00 bits per heavy atom. The van der Waals surface area contributed by atoms with E-state index in [9.17, 15) is 9.90 Å². The van der Waals surface area contributed by atoms with Crippen LogP contribution in [-0.2, 0) is 4.79 Å². The first-order valence-electron chi connectivity index (χ1n) is 7.68. The lowest BCUT2D eigenvalue weighted by molar-refractivity contribution is -0.122. The number of guanidine groups is 1. The fourth-order valence-electron chi connectivity index (χ4n) is 2.18. The zero-order valence-corrected chi connectivity index (χ0v) is 14.0. The monoisotopic (exact) mass is 298 g/mol. The van der Waals surface area contributed by atoms with Crippen molar-refractivity contribution in [3.63, 3.8) is 0 Å². The van der Waals surface area contributed by atoms with Crippen LogP contribution in [0.4, 0.5) is 0 Å². The predicted octanol–water partition coefficient (Wildman–Crippen LogP) is 0.713. The van der Waals surface area contributed by atoms with E-state index in [0.29, 0.717) is 12.5 Å². The smallest absolute Gasteiger partial charge is 0.240 e. The lowest BCUT2D eigenvalue weighted by Crippen LogP contribution is -2.49. The molecule has 0 aliphatic heterocycles. The molecule has 6 nitrogen and oxygen atoms in total. The van der Waals surface area contributed by atoms with Crippen LogP contribution in [0.15, 0.2) is 4.99 Å². The minimum atomic E-state index is -0.644. The number of hydrogen-bond donors (Lipinski definition) is 3. The number of hydrogen-bond acceptors (Lipinski definition) is 3. The highest BCUT2D eigenvalue weighted by Gasteiger charge is 2.34. The molecular formula is C15H30N4O2. The zero-order valence-electron chi connectivity index (χ0n) is 14.0. The van der Waals surface area contributed by atoms with Crippen LogP contribution in [-0.4, -0.2) is 59.7 Å². The highest BCUT2D eigenvalue weighted by molar-refractivity contribution is 5.86. The molecule has 0 radical (unpaired) electrons. The molecule has 3 N–H and O–H groups in total. The molecule has 1 saturated carbocycles. The van der Waals surface area contributed by atoms with Crippen molar-refractivity contribution in [2.24, 2.45) is 4.99 Å². The van der Waals surface area contributed by atoms with Crippen LogP contribution in [0.5, 0.6) is 0 Å². The van der Waals surface area contributed by atoms with Crippen LogP contribution in [0.1, 0.15) is 47.0 Å². The summed E-state index contributed by atoms with van der Waals surface area (Å²) >= 11 is 0. The third-order valence-electron chi connectivity index (χ3n) is 3.40. The summed E-state index contributed by atoms with van der Waals surface area (Å²) in [4.78, 5) is 18.2. The first kappa shape index (κ1) is 17.8. The summed E-state index contributed by atoms with van der Waals surface area (Å²) < 4.78 is 0. The normalized spacial score (nSPS) is 17.9. The van der Waals surface area contributed by atoms with Gasteiger partial charge in [-0.05, 0) is 47.0 Å². The number of nitrogens with zero attached hydrogens (tertiary/aromatic N) is 2. The summed E-state index contributed by atoms with van der Waals surface area (Å²) in [5.41, 5.74) is -0.885. The van der Waals surface area contributed by atoms with Crippen molar-refractivity contribution in [1.82, 2.24) is 15.5 Å². The van der Waals surface area contributed by atoms with Gasteiger partial charge in [0.05, 0.1) is 18.7 Å². The first-order chi connectivity index (χ1) is 9.65. The SMILES string of the molecule is CCNC(=NCC1(O)CCC1)N(C)CC(=O)NC(C)(C)C. The van der Waals surface area contributed by atoms with E-state index in [1.165, 1.54) is 0 Å². The van der Waals surface area contributed by atoms with Crippen molar-refractivity contribution in [2.45, 2.75) is 58.1 Å². The van der Waals surface area contributed by atoms with Crippen molar-refractivity contribution in [2.75, 3.05) is 26.7 Å². The number of amides is 1. The molecule has 0 atom stereocenters. The Balaban J connectivity index is 2.57. The Labute approximate surface area is 128 Å². The largest absolute Gasteiger partial charge is 0.388 e. The zero-order chi connectivity index (χ0) is 16.1. The van der Waals surface area contributed by atoms with Gasteiger partial charge in [0.25, 0.3) is 0 Å². The molecule has 122 valence electrons. The van der Waals surface area contributed by atoms with Crippen molar-refractivity contribution < 1.29 is 9.90 Å². The van der Waals surface area contributed by atoms with Gasteiger partial charge < -0.3 is 20.6 Å². The molecule has 0 aromatic heterocycles. The molecule has 0 heterocycles. The second kappa shape index (κ2) is 7.11. The Morgan fingerprint density at radius 3 is 2.43 bits per heavy atom. The van der Waals surface area contributed by atoms with Crippen LogP contribution in [0.3, 0.4) is 0 Å². The third-order valence-corrected chi connectivity index (χ3v) is 3.40. The second-order valence-electron chi connectivity index (χ2n) is 6.90. The quantitative estimate of drug-likeness (QED) is 0.516. The van der Waals surface area contributed by atoms with Gasteiger partial charge in [0.15, 0.2) is 5.96 Å². The highest BCUT2D eigenvalue weighted by Crippen LogP contribution is 2.31. The summed E-state index contributed by atoms with van der Waals surface area (Å²) in [6, 6.07) is 0. The second-order valence-corrected chi connectivity index (χ2v) is 6.90. The molecule has 1 amide bonds. The molecule has 0 bridgehead atoms. The molecule has 21 heavy (non-hydrogen) atoms. The van der Waals surface area contributed by atoms with Gasteiger partial charge in [-0.15, -0.1) is 0 Å². The standard InChI is InChI=1S/C15H30N4O2/c1-6-16-13(17-11-15(21)8-7-9-15)19(5)10-12(20)18-14(2,3)4/h21H,6-11H2,1-5H3,(H,16,17)(H,18,20). The van der Waals surface area contributed by atoms with Gasteiger partial charge >= 0.3 is 0 Å². The Kier molecular flexibility index (Phi) is 6.01. The maximum atomic E-state index is 12.0. The van der Waals surface area contributed by atoms with E-state index in [2.05, 4.69) is 15.6 Å². The number of rotatable bonds is 5. The molecule has 1 rings (SSSR count). The number of aliphatic imine (C=N–C) groups is 1. The van der Waals surface area contributed by atoms with Crippen molar-refractivity contribution in [1.29, 1.82) is 0 Å². The molecule has 1 aliphatic carbocycles. The summed E-state index contributed by atoms with van der Waals surface area (Å²) in [7, 11) is 1.83. The van der Waals surface area contributed by atoms with Gasteiger partial charge in [-0.3, -0.25) is 9.79 Å². The Morgan fingerprint density at radius 1 is 1.38 bits per heavy atom. The topological polar surface area (TPSA) is 77.0 Å². The first-order valence-corrected chi connectivity index (χ1v) is 7.68. The molecule has 0 spiro atoms. The molecule has 0 aromatic carbocycles. The molecule has 0 aromatic rings. The van der Waals surface area contributed by atoms with Gasteiger partial charge in [-0.2, -0.15) is 0 Å². The van der Waals surface area contributed by atoms with E-state index < -0.39 is 5.60 Å². The predicted molar refractivity (Wildman–Crippen MR) is 85.3 cm³/mol. The van der Waals surface area contributed by atoms with Gasteiger partial charge in [0.1, 0.15) is 0 Å². The highest BCUT2D eigenvalue weighted by atomic mass is 16.3. The van der Waals surface area contributed by atoms with Gasteiger partial charge in [0, 0.05) is 19.1 Å². The maximum absolute atomic E-state index is 12.0. The molecule has 6 heteroatoms. The molecule has 1 fully saturated rings. The number of carbonyl (C=O) groups is 1. The lowest BCUT2D eigenvalue weighted by Gasteiger charge is -2.35. The maximum Gasteiger partial charge on any atom is 0.240 e. The van der Waals surface area contributed by atoms with Crippen LogP contribution < -0.4 is 10.6 Å². The molecule has 0 unspecified atom stereocenters. The minimum Gasteiger partial charge on any atom is -0.388 e. The average Bonchev–Trinajstić information content (AvgIpc) is 2.29. The van der Waals surface area contributed by atoms with Gasteiger partial charge in [-0.1, -0.05) is 0 Å². The van der Waals surface area contributed by atoms with E-state index in [1.807, 2.05) is 34.7 Å². The Bertz CT molecular complexity index is 384. The molecule has 1 aliphatic rings. The van der Waals surface area contributed by atoms with E-state index in [1.54, 1.807) is 4.90 Å². The van der Waals surface area contributed by atoms with Gasteiger partial charge in [-0.25, -0.2) is 0 Å². The van der Waals surface area contributed by atoms with Crippen molar-refractivity contribution in [3.05, 3.63) is 0 Å².